The van der Waals surface area contributed by atoms with Crippen molar-refractivity contribution < 1.29 is 14.9 Å². The minimum atomic E-state index is -0.467. The van der Waals surface area contributed by atoms with Crippen LogP contribution in [0.1, 0.15) is 31.9 Å². The quantitative estimate of drug-likeness (QED) is 0.780. The molecule has 1 rings (SSSR count). The topological polar surface area (TPSA) is 49.7 Å². The van der Waals surface area contributed by atoms with Crippen LogP contribution in [0.2, 0.25) is 0 Å². The lowest BCUT2D eigenvalue weighted by atomic mass is 10.1. The van der Waals surface area contributed by atoms with Crippen molar-refractivity contribution in [3.8, 4) is 5.75 Å². The molecule has 15 heavy (non-hydrogen) atoms. The highest BCUT2D eigenvalue weighted by molar-refractivity contribution is 5.28. The summed E-state index contributed by atoms with van der Waals surface area (Å²) in [5.41, 5.74) is 0.891. The van der Waals surface area contributed by atoms with E-state index in [1.54, 1.807) is 19.1 Å². The van der Waals surface area contributed by atoms with Crippen LogP contribution in [-0.2, 0) is 0 Å². The molecule has 3 heteroatoms. The van der Waals surface area contributed by atoms with Gasteiger partial charge in [-0.15, -0.1) is 0 Å². The fourth-order valence-electron chi connectivity index (χ4n) is 1.24. The lowest BCUT2D eigenvalue weighted by molar-refractivity contribution is 0.122. The largest absolute Gasteiger partial charge is 0.491 e. The first kappa shape index (κ1) is 12.0. The molecule has 0 amide bonds. The van der Waals surface area contributed by atoms with Crippen LogP contribution in [-0.4, -0.2) is 22.9 Å². The van der Waals surface area contributed by atoms with E-state index in [9.17, 15) is 5.11 Å². The lowest BCUT2D eigenvalue weighted by Gasteiger charge is -2.10. The minimum absolute atomic E-state index is 0.287. The van der Waals surface area contributed by atoms with Crippen LogP contribution in [0.25, 0.3) is 0 Å². The highest BCUT2D eigenvalue weighted by Crippen LogP contribution is 2.19. The maximum atomic E-state index is 9.56. The number of hydrogen-bond acceptors (Lipinski definition) is 3. The Morgan fingerprint density at radius 3 is 2.27 bits per heavy atom. The standard InChI is InChI=1S/C12H18O3/c1-3-12(14)10-4-6-11(7-5-10)15-8-9(2)13/h4-7,9,12-14H,3,8H2,1-2H3. The van der Waals surface area contributed by atoms with Crippen LogP contribution >= 0.6 is 0 Å². The Hall–Kier alpha value is -1.06. The average Bonchev–Trinajstić information content (AvgIpc) is 2.26. The summed E-state index contributed by atoms with van der Waals surface area (Å²) in [5.74, 6) is 0.711. The summed E-state index contributed by atoms with van der Waals surface area (Å²) in [4.78, 5) is 0. The van der Waals surface area contributed by atoms with Crippen molar-refractivity contribution in [1.29, 1.82) is 0 Å². The van der Waals surface area contributed by atoms with Crippen LogP contribution in [0.5, 0.6) is 5.75 Å². The third-order valence-corrected chi connectivity index (χ3v) is 2.14. The van der Waals surface area contributed by atoms with Gasteiger partial charge in [0.25, 0.3) is 0 Å². The molecule has 0 fully saturated rings. The molecule has 0 bridgehead atoms. The Labute approximate surface area is 90.3 Å². The first-order valence-corrected chi connectivity index (χ1v) is 5.22. The Morgan fingerprint density at radius 2 is 1.80 bits per heavy atom. The molecule has 2 N–H and O–H groups in total. The Bertz CT molecular complexity index is 279. The van der Waals surface area contributed by atoms with E-state index in [4.69, 9.17) is 9.84 Å². The highest BCUT2D eigenvalue weighted by Gasteiger charge is 2.04. The second kappa shape index (κ2) is 5.73. The Balaban J connectivity index is 2.56. The predicted octanol–water partition coefficient (Wildman–Crippen LogP) is 1.89. The van der Waals surface area contributed by atoms with Crippen LogP contribution in [0.15, 0.2) is 24.3 Å². The summed E-state index contributed by atoms with van der Waals surface area (Å²) >= 11 is 0. The van der Waals surface area contributed by atoms with Gasteiger partial charge in [-0.2, -0.15) is 0 Å². The Morgan fingerprint density at radius 1 is 1.20 bits per heavy atom. The zero-order valence-corrected chi connectivity index (χ0v) is 9.18. The van der Waals surface area contributed by atoms with E-state index in [2.05, 4.69) is 0 Å². The molecule has 2 atom stereocenters. The molecular weight excluding hydrogens is 192 g/mol. The predicted molar refractivity (Wildman–Crippen MR) is 58.9 cm³/mol. The van der Waals surface area contributed by atoms with Gasteiger partial charge in [0, 0.05) is 0 Å². The number of aliphatic hydroxyl groups is 2. The maximum absolute atomic E-state index is 9.56. The molecule has 2 unspecified atom stereocenters. The van der Waals surface area contributed by atoms with Gasteiger partial charge < -0.3 is 14.9 Å². The van der Waals surface area contributed by atoms with Crippen molar-refractivity contribution in [2.45, 2.75) is 32.5 Å². The molecule has 0 aliphatic rings. The normalized spacial score (nSPS) is 14.7. The van der Waals surface area contributed by atoms with E-state index in [0.29, 0.717) is 12.2 Å². The summed E-state index contributed by atoms with van der Waals surface area (Å²) in [6, 6.07) is 7.28. The van der Waals surface area contributed by atoms with Gasteiger partial charge in [-0.3, -0.25) is 0 Å². The summed E-state index contributed by atoms with van der Waals surface area (Å²) < 4.78 is 5.30. The summed E-state index contributed by atoms with van der Waals surface area (Å²) in [6.07, 6.45) is -0.171. The van der Waals surface area contributed by atoms with Gasteiger partial charge in [-0.1, -0.05) is 19.1 Å². The lowest BCUT2D eigenvalue weighted by Crippen LogP contribution is -2.12. The van der Waals surface area contributed by atoms with E-state index >= 15 is 0 Å². The van der Waals surface area contributed by atoms with E-state index in [1.807, 2.05) is 19.1 Å². The molecule has 3 nitrogen and oxygen atoms in total. The van der Waals surface area contributed by atoms with Crippen molar-refractivity contribution in [1.82, 2.24) is 0 Å². The summed E-state index contributed by atoms with van der Waals surface area (Å²) in [7, 11) is 0. The summed E-state index contributed by atoms with van der Waals surface area (Å²) in [5, 5.41) is 18.6. The number of ether oxygens (including phenoxy) is 1. The van der Waals surface area contributed by atoms with E-state index < -0.39 is 12.2 Å². The first-order valence-electron chi connectivity index (χ1n) is 5.22. The fraction of sp³-hybridized carbons (Fsp3) is 0.500. The molecular formula is C12H18O3. The van der Waals surface area contributed by atoms with Crippen molar-refractivity contribution in [2.75, 3.05) is 6.61 Å². The van der Waals surface area contributed by atoms with Crippen LogP contribution < -0.4 is 4.74 Å². The average molecular weight is 210 g/mol. The zero-order valence-electron chi connectivity index (χ0n) is 9.18. The maximum Gasteiger partial charge on any atom is 0.119 e. The van der Waals surface area contributed by atoms with Crippen LogP contribution in [0, 0.1) is 0 Å². The third kappa shape index (κ3) is 3.90. The SMILES string of the molecule is CCC(O)c1ccc(OCC(C)O)cc1. The molecule has 0 heterocycles. The fourth-order valence-corrected chi connectivity index (χ4v) is 1.24. The zero-order chi connectivity index (χ0) is 11.3. The molecule has 0 radical (unpaired) electrons. The highest BCUT2D eigenvalue weighted by atomic mass is 16.5. The van der Waals surface area contributed by atoms with Gasteiger partial charge in [0.15, 0.2) is 0 Å². The van der Waals surface area contributed by atoms with Gasteiger partial charge >= 0.3 is 0 Å². The second-order valence-electron chi connectivity index (χ2n) is 3.65. The van der Waals surface area contributed by atoms with Crippen molar-refractivity contribution in [2.24, 2.45) is 0 Å². The molecule has 1 aromatic carbocycles. The van der Waals surface area contributed by atoms with Crippen LogP contribution in [0.3, 0.4) is 0 Å². The molecule has 1 aromatic rings. The molecule has 84 valence electrons. The number of rotatable bonds is 5. The number of aliphatic hydroxyl groups excluding tert-OH is 2. The molecule has 0 spiro atoms. The second-order valence-corrected chi connectivity index (χ2v) is 3.65. The summed E-state index contributed by atoms with van der Waals surface area (Å²) in [6.45, 7) is 3.90. The van der Waals surface area contributed by atoms with Gasteiger partial charge in [-0.25, -0.2) is 0 Å². The van der Waals surface area contributed by atoms with E-state index in [1.165, 1.54) is 0 Å². The minimum Gasteiger partial charge on any atom is -0.491 e. The third-order valence-electron chi connectivity index (χ3n) is 2.14. The first-order chi connectivity index (χ1) is 7.13. The van der Waals surface area contributed by atoms with E-state index in [-0.39, 0.29) is 6.61 Å². The molecule has 0 aromatic heterocycles. The van der Waals surface area contributed by atoms with E-state index in [0.717, 1.165) is 5.56 Å². The molecule has 0 saturated carbocycles. The molecule has 0 saturated heterocycles. The Kier molecular flexibility index (Phi) is 4.59. The smallest absolute Gasteiger partial charge is 0.119 e. The number of benzene rings is 1. The van der Waals surface area contributed by atoms with Gasteiger partial charge in [-0.05, 0) is 31.0 Å². The van der Waals surface area contributed by atoms with Gasteiger partial charge in [0.1, 0.15) is 12.4 Å². The van der Waals surface area contributed by atoms with Gasteiger partial charge in [0.05, 0.1) is 12.2 Å². The number of hydrogen-bond donors (Lipinski definition) is 2. The van der Waals surface area contributed by atoms with Gasteiger partial charge in [0.2, 0.25) is 0 Å². The monoisotopic (exact) mass is 210 g/mol. The van der Waals surface area contributed by atoms with Crippen molar-refractivity contribution >= 4 is 0 Å². The van der Waals surface area contributed by atoms with Crippen LogP contribution in [0.4, 0.5) is 0 Å². The molecule has 0 aliphatic carbocycles. The molecule has 0 aliphatic heterocycles. The van der Waals surface area contributed by atoms with Crippen molar-refractivity contribution in [3.05, 3.63) is 29.8 Å². The van der Waals surface area contributed by atoms with Crippen molar-refractivity contribution in [3.63, 3.8) is 0 Å².